The third kappa shape index (κ3) is 3.48. The van der Waals surface area contributed by atoms with Crippen LogP contribution in [0.25, 0.3) is 0 Å². The van der Waals surface area contributed by atoms with Gasteiger partial charge in [0.05, 0.1) is 13.7 Å². The third-order valence-electron chi connectivity index (χ3n) is 3.69. The van der Waals surface area contributed by atoms with Crippen molar-refractivity contribution in [2.75, 3.05) is 20.2 Å². The molecule has 1 aliphatic rings. The van der Waals surface area contributed by atoms with E-state index >= 15 is 0 Å². The minimum absolute atomic E-state index is 0.00712. The van der Waals surface area contributed by atoms with E-state index in [0.29, 0.717) is 25.1 Å². The van der Waals surface area contributed by atoms with E-state index in [-0.39, 0.29) is 30.7 Å². The Morgan fingerprint density at radius 1 is 1.45 bits per heavy atom. The lowest BCUT2D eigenvalue weighted by atomic mass is 10.0. The molecular formula is C15H21N3O4. The first kappa shape index (κ1) is 16.1. The van der Waals surface area contributed by atoms with Gasteiger partial charge in [0.15, 0.2) is 11.5 Å². The number of ether oxygens (including phenoxy) is 1. The molecule has 7 nitrogen and oxygen atoms in total. The van der Waals surface area contributed by atoms with Gasteiger partial charge in [-0.1, -0.05) is 6.07 Å². The van der Waals surface area contributed by atoms with Gasteiger partial charge in [0.25, 0.3) is 0 Å². The van der Waals surface area contributed by atoms with Gasteiger partial charge >= 0.3 is 0 Å². The zero-order chi connectivity index (χ0) is 16.1. The van der Waals surface area contributed by atoms with Crippen LogP contribution >= 0.6 is 0 Å². The molecule has 1 fully saturated rings. The number of benzene rings is 1. The van der Waals surface area contributed by atoms with Crippen molar-refractivity contribution in [2.24, 2.45) is 5.73 Å². The van der Waals surface area contributed by atoms with Crippen LogP contribution < -0.4 is 15.8 Å². The second-order valence-corrected chi connectivity index (χ2v) is 5.19. The van der Waals surface area contributed by atoms with Gasteiger partial charge in [0.1, 0.15) is 6.04 Å². The van der Waals surface area contributed by atoms with E-state index in [0.717, 1.165) is 5.56 Å². The van der Waals surface area contributed by atoms with Crippen LogP contribution in [0.5, 0.6) is 11.5 Å². The Labute approximate surface area is 129 Å². The molecule has 0 aliphatic carbocycles. The molecule has 1 heterocycles. The number of phenolic OH excluding ortho intramolecular Hbond substituents is 1. The first-order chi connectivity index (χ1) is 10.6. The summed E-state index contributed by atoms with van der Waals surface area (Å²) in [6, 6.07) is 4.37. The Morgan fingerprint density at radius 2 is 2.23 bits per heavy atom. The van der Waals surface area contributed by atoms with Crippen molar-refractivity contribution in [1.82, 2.24) is 10.2 Å². The molecule has 4 N–H and O–H groups in total. The quantitative estimate of drug-likeness (QED) is 0.684. The van der Waals surface area contributed by atoms with Crippen molar-refractivity contribution < 1.29 is 19.4 Å². The Morgan fingerprint density at radius 3 is 2.91 bits per heavy atom. The fourth-order valence-electron chi connectivity index (χ4n) is 2.51. The number of piperazine rings is 1. The molecule has 1 aromatic carbocycles. The molecule has 0 spiro atoms. The number of nitrogens with zero attached hydrogens (tertiary/aromatic N) is 1. The van der Waals surface area contributed by atoms with E-state index in [9.17, 15) is 14.7 Å². The molecule has 120 valence electrons. The van der Waals surface area contributed by atoms with Crippen LogP contribution in [-0.2, 0) is 16.1 Å². The minimum Gasteiger partial charge on any atom is -0.504 e. The van der Waals surface area contributed by atoms with E-state index in [4.69, 9.17) is 10.5 Å². The summed E-state index contributed by atoms with van der Waals surface area (Å²) in [6.45, 7) is 0.768. The van der Waals surface area contributed by atoms with Crippen LogP contribution in [0.2, 0.25) is 0 Å². The maximum atomic E-state index is 12.1. The van der Waals surface area contributed by atoms with Gasteiger partial charge in [-0.05, 0) is 37.1 Å². The number of hydrogen-bond donors (Lipinski definition) is 3. The van der Waals surface area contributed by atoms with E-state index in [1.165, 1.54) is 13.2 Å². The third-order valence-corrected chi connectivity index (χ3v) is 3.69. The maximum absolute atomic E-state index is 12.1. The predicted molar refractivity (Wildman–Crippen MR) is 80.3 cm³/mol. The van der Waals surface area contributed by atoms with Crippen LogP contribution in [0, 0.1) is 0 Å². The van der Waals surface area contributed by atoms with E-state index < -0.39 is 6.04 Å². The maximum Gasteiger partial charge on any atom is 0.243 e. The van der Waals surface area contributed by atoms with Crippen LogP contribution in [-0.4, -0.2) is 48.1 Å². The van der Waals surface area contributed by atoms with Gasteiger partial charge in [0.2, 0.25) is 11.8 Å². The number of carbonyl (C=O) groups excluding carboxylic acids is 2. The van der Waals surface area contributed by atoms with Gasteiger partial charge in [-0.15, -0.1) is 0 Å². The standard InChI is InChI=1S/C15H21N3O4/c1-22-13-7-10(4-5-12(13)19)9-18-11(3-2-6-16)15(21)17-8-14(18)20/h4-5,7,11,19H,2-3,6,8-9,16H2,1H3,(H,17,21). The SMILES string of the molecule is COc1cc(CN2C(=O)CNC(=O)C2CCCN)ccc1O. The van der Waals surface area contributed by atoms with Gasteiger partial charge in [-0.25, -0.2) is 0 Å². The van der Waals surface area contributed by atoms with Crippen molar-refractivity contribution in [3.63, 3.8) is 0 Å². The van der Waals surface area contributed by atoms with Gasteiger partial charge in [-0.2, -0.15) is 0 Å². The molecule has 1 atom stereocenters. The van der Waals surface area contributed by atoms with Gasteiger partial charge < -0.3 is 25.8 Å². The first-order valence-electron chi connectivity index (χ1n) is 7.20. The molecule has 2 rings (SSSR count). The molecular weight excluding hydrogens is 286 g/mol. The highest BCUT2D eigenvalue weighted by atomic mass is 16.5. The van der Waals surface area contributed by atoms with Crippen LogP contribution in [0.15, 0.2) is 18.2 Å². The summed E-state index contributed by atoms with van der Waals surface area (Å²) in [5.41, 5.74) is 6.29. The first-order valence-corrected chi connectivity index (χ1v) is 7.20. The smallest absolute Gasteiger partial charge is 0.243 e. The Hall–Kier alpha value is -2.28. The minimum atomic E-state index is -0.510. The highest BCUT2D eigenvalue weighted by Gasteiger charge is 2.33. The molecule has 7 heteroatoms. The molecule has 0 radical (unpaired) electrons. The van der Waals surface area contributed by atoms with E-state index in [1.807, 2.05) is 0 Å². The highest BCUT2D eigenvalue weighted by Crippen LogP contribution is 2.27. The molecule has 1 aliphatic heterocycles. The summed E-state index contributed by atoms with van der Waals surface area (Å²) in [5.74, 6) is 0.0889. The van der Waals surface area contributed by atoms with Crippen molar-refractivity contribution in [3.8, 4) is 11.5 Å². The summed E-state index contributed by atoms with van der Waals surface area (Å²) < 4.78 is 5.07. The van der Waals surface area contributed by atoms with Crippen molar-refractivity contribution >= 4 is 11.8 Å². The number of hydrogen-bond acceptors (Lipinski definition) is 5. The zero-order valence-electron chi connectivity index (χ0n) is 12.5. The van der Waals surface area contributed by atoms with Crippen molar-refractivity contribution in [3.05, 3.63) is 23.8 Å². The number of carbonyl (C=O) groups is 2. The highest BCUT2D eigenvalue weighted by molar-refractivity contribution is 5.94. The van der Waals surface area contributed by atoms with Crippen molar-refractivity contribution in [1.29, 1.82) is 0 Å². The topological polar surface area (TPSA) is 105 Å². The summed E-state index contributed by atoms with van der Waals surface area (Å²) in [5, 5.41) is 12.2. The molecule has 22 heavy (non-hydrogen) atoms. The summed E-state index contributed by atoms with van der Waals surface area (Å²) in [7, 11) is 1.46. The fraction of sp³-hybridized carbons (Fsp3) is 0.467. The molecule has 0 bridgehead atoms. The molecule has 1 saturated heterocycles. The predicted octanol–water partition coefficient (Wildman–Crippen LogP) is -0.0333. The molecule has 0 aromatic heterocycles. The number of nitrogens with two attached hydrogens (primary N) is 1. The van der Waals surface area contributed by atoms with Gasteiger partial charge in [-0.3, -0.25) is 9.59 Å². The van der Waals surface area contributed by atoms with Crippen LogP contribution in [0.3, 0.4) is 0 Å². The number of methoxy groups -OCH3 is 1. The lowest BCUT2D eigenvalue weighted by Crippen LogP contribution is -2.57. The van der Waals surface area contributed by atoms with E-state index in [2.05, 4.69) is 5.32 Å². The zero-order valence-corrected chi connectivity index (χ0v) is 12.5. The molecule has 2 amide bonds. The average Bonchev–Trinajstić information content (AvgIpc) is 2.52. The average molecular weight is 307 g/mol. The number of nitrogens with one attached hydrogen (secondary N) is 1. The lowest BCUT2D eigenvalue weighted by molar-refractivity contribution is -0.146. The monoisotopic (exact) mass is 307 g/mol. The van der Waals surface area contributed by atoms with E-state index in [1.54, 1.807) is 17.0 Å². The number of rotatable bonds is 6. The summed E-state index contributed by atoms with van der Waals surface area (Å²) >= 11 is 0. The second kappa shape index (κ2) is 7.13. The number of aromatic hydroxyl groups is 1. The van der Waals surface area contributed by atoms with Gasteiger partial charge in [0, 0.05) is 6.54 Å². The van der Waals surface area contributed by atoms with Crippen LogP contribution in [0.4, 0.5) is 0 Å². The summed E-state index contributed by atoms with van der Waals surface area (Å²) in [4.78, 5) is 25.7. The second-order valence-electron chi connectivity index (χ2n) is 5.19. The van der Waals surface area contributed by atoms with Crippen LogP contribution in [0.1, 0.15) is 18.4 Å². The van der Waals surface area contributed by atoms with Crippen molar-refractivity contribution in [2.45, 2.75) is 25.4 Å². The summed E-state index contributed by atoms with van der Waals surface area (Å²) in [6.07, 6.45) is 1.20. The molecule has 1 aromatic rings. The Bertz CT molecular complexity index is 562. The number of amides is 2. The Kier molecular flexibility index (Phi) is 5.21. The molecule has 0 saturated carbocycles. The normalized spacial score (nSPS) is 18.3. The molecule has 1 unspecified atom stereocenters. The lowest BCUT2D eigenvalue weighted by Gasteiger charge is -2.35. The Balaban J connectivity index is 2.19. The largest absolute Gasteiger partial charge is 0.504 e. The fourth-order valence-corrected chi connectivity index (χ4v) is 2.51. The number of phenols is 1.